The van der Waals surface area contributed by atoms with Crippen LogP contribution in [0.2, 0.25) is 0 Å². The number of hydrogen-bond donors (Lipinski definition) is 0. The van der Waals surface area contributed by atoms with Crippen molar-refractivity contribution in [3.05, 3.63) is 29.8 Å². The molecule has 0 saturated carbocycles. The van der Waals surface area contributed by atoms with Crippen LogP contribution < -0.4 is 4.74 Å². The summed E-state index contributed by atoms with van der Waals surface area (Å²) in [6.07, 6.45) is -0.613. The zero-order valence-electron chi connectivity index (χ0n) is 13.2. The van der Waals surface area contributed by atoms with E-state index in [0.717, 1.165) is 38.2 Å². The number of benzene rings is 1. The molecular formula is C17H23F3N2O. The first-order valence-corrected chi connectivity index (χ1v) is 8.24. The maximum atomic E-state index is 12.2. The molecular weight excluding hydrogens is 305 g/mol. The summed E-state index contributed by atoms with van der Waals surface area (Å²) < 4.78 is 41.6. The normalized spacial score (nSPS) is 23.5. The highest BCUT2D eigenvalue weighted by Gasteiger charge is 2.29. The number of hydrogen-bond acceptors (Lipinski definition) is 3. The van der Waals surface area contributed by atoms with Gasteiger partial charge in [0.05, 0.1) is 0 Å². The molecule has 1 aromatic carbocycles. The molecule has 2 aliphatic rings. The molecule has 2 aliphatic heterocycles. The third-order valence-electron chi connectivity index (χ3n) is 4.59. The summed E-state index contributed by atoms with van der Waals surface area (Å²) in [7, 11) is 0. The first kappa shape index (κ1) is 16.6. The zero-order valence-corrected chi connectivity index (χ0v) is 13.2. The Kier molecular flexibility index (Phi) is 5.11. The quantitative estimate of drug-likeness (QED) is 0.843. The Bertz CT molecular complexity index is 521. The van der Waals surface area contributed by atoms with Crippen LogP contribution >= 0.6 is 0 Å². The Morgan fingerprint density at radius 1 is 1.13 bits per heavy atom. The van der Waals surface area contributed by atoms with Crippen molar-refractivity contribution < 1.29 is 17.9 Å². The maximum absolute atomic E-state index is 12.2. The molecule has 0 radical (unpaired) electrons. The smallest absolute Gasteiger partial charge is 0.422 e. The second kappa shape index (κ2) is 7.09. The lowest BCUT2D eigenvalue weighted by Crippen LogP contribution is -2.36. The topological polar surface area (TPSA) is 15.7 Å². The van der Waals surface area contributed by atoms with Crippen LogP contribution in [0.1, 0.15) is 24.8 Å². The molecule has 0 spiro atoms. The summed E-state index contributed by atoms with van der Waals surface area (Å²) in [5, 5.41) is 0. The van der Waals surface area contributed by atoms with Gasteiger partial charge < -0.3 is 4.74 Å². The van der Waals surface area contributed by atoms with E-state index >= 15 is 0 Å². The van der Waals surface area contributed by atoms with E-state index in [9.17, 15) is 13.2 Å². The van der Waals surface area contributed by atoms with Crippen molar-refractivity contribution in [1.82, 2.24) is 9.80 Å². The standard InChI is InChI=1S/C17H23F3N2O/c18-17(19,20)13-23-16-6-1-4-14(10-16)11-21-7-3-9-22-8-2-5-15(22)12-21/h1,4,6,10,15H,2-3,5,7-9,11-13H2. The number of alkyl halides is 3. The molecule has 2 heterocycles. The lowest BCUT2D eigenvalue weighted by molar-refractivity contribution is -0.153. The van der Waals surface area contributed by atoms with Crippen molar-refractivity contribution in [1.29, 1.82) is 0 Å². The van der Waals surface area contributed by atoms with Crippen molar-refractivity contribution in [3.8, 4) is 5.75 Å². The monoisotopic (exact) mass is 328 g/mol. The van der Waals surface area contributed by atoms with E-state index in [1.807, 2.05) is 6.07 Å². The highest BCUT2D eigenvalue weighted by molar-refractivity contribution is 5.28. The fraction of sp³-hybridized carbons (Fsp3) is 0.647. The van der Waals surface area contributed by atoms with Crippen LogP contribution in [0.4, 0.5) is 13.2 Å². The van der Waals surface area contributed by atoms with Gasteiger partial charge >= 0.3 is 6.18 Å². The van der Waals surface area contributed by atoms with Crippen molar-refractivity contribution in [2.75, 3.05) is 32.8 Å². The van der Waals surface area contributed by atoms with Crippen LogP contribution in [0.5, 0.6) is 5.75 Å². The van der Waals surface area contributed by atoms with Gasteiger partial charge in [-0.2, -0.15) is 13.2 Å². The molecule has 1 atom stereocenters. The van der Waals surface area contributed by atoms with Gasteiger partial charge in [-0.1, -0.05) is 12.1 Å². The average Bonchev–Trinajstić information content (AvgIpc) is 2.84. The Morgan fingerprint density at radius 3 is 2.78 bits per heavy atom. The number of nitrogens with zero attached hydrogens (tertiary/aromatic N) is 2. The zero-order chi connectivity index (χ0) is 16.3. The first-order chi connectivity index (χ1) is 11.0. The van der Waals surface area contributed by atoms with E-state index in [0.29, 0.717) is 6.04 Å². The van der Waals surface area contributed by atoms with Gasteiger partial charge in [-0.25, -0.2) is 0 Å². The highest BCUT2D eigenvalue weighted by atomic mass is 19.4. The summed E-state index contributed by atoms with van der Waals surface area (Å²) in [5.41, 5.74) is 1.01. The maximum Gasteiger partial charge on any atom is 0.422 e. The van der Waals surface area contributed by atoms with E-state index in [-0.39, 0.29) is 5.75 Å². The fourth-order valence-electron chi connectivity index (χ4n) is 3.58. The third-order valence-corrected chi connectivity index (χ3v) is 4.59. The Morgan fingerprint density at radius 2 is 1.96 bits per heavy atom. The molecule has 2 fully saturated rings. The van der Waals surface area contributed by atoms with Crippen molar-refractivity contribution >= 4 is 0 Å². The van der Waals surface area contributed by atoms with Gasteiger partial charge in [0, 0.05) is 19.1 Å². The molecule has 0 aromatic heterocycles. The van der Waals surface area contributed by atoms with Crippen LogP contribution in [-0.2, 0) is 6.54 Å². The summed E-state index contributed by atoms with van der Waals surface area (Å²) in [6, 6.07) is 7.67. The molecule has 3 rings (SSSR count). The number of halogens is 3. The predicted octanol–water partition coefficient (Wildman–Crippen LogP) is 3.30. The van der Waals surface area contributed by atoms with E-state index < -0.39 is 12.8 Å². The lowest BCUT2D eigenvalue weighted by Gasteiger charge is -2.25. The van der Waals surface area contributed by atoms with E-state index in [1.165, 1.54) is 19.4 Å². The Labute approximate surface area is 135 Å². The first-order valence-electron chi connectivity index (χ1n) is 8.24. The fourth-order valence-corrected chi connectivity index (χ4v) is 3.58. The largest absolute Gasteiger partial charge is 0.484 e. The molecule has 0 N–H and O–H groups in total. The minimum absolute atomic E-state index is 0.289. The molecule has 1 aromatic rings. The Balaban J connectivity index is 1.58. The van der Waals surface area contributed by atoms with Gasteiger partial charge in [0.15, 0.2) is 6.61 Å². The summed E-state index contributed by atoms with van der Waals surface area (Å²) in [6.45, 7) is 3.99. The summed E-state index contributed by atoms with van der Waals surface area (Å²) in [5.74, 6) is 0.289. The van der Waals surface area contributed by atoms with Crippen molar-refractivity contribution in [2.45, 2.75) is 38.0 Å². The minimum atomic E-state index is -4.30. The third kappa shape index (κ3) is 4.85. The predicted molar refractivity (Wildman–Crippen MR) is 82.5 cm³/mol. The molecule has 128 valence electrons. The highest BCUT2D eigenvalue weighted by Crippen LogP contribution is 2.24. The molecule has 1 unspecified atom stereocenters. The molecule has 3 nitrogen and oxygen atoms in total. The number of rotatable bonds is 4. The van der Waals surface area contributed by atoms with E-state index in [2.05, 4.69) is 9.80 Å². The van der Waals surface area contributed by atoms with Crippen LogP contribution in [0.15, 0.2) is 24.3 Å². The van der Waals surface area contributed by atoms with Gasteiger partial charge in [0.25, 0.3) is 0 Å². The van der Waals surface area contributed by atoms with Gasteiger partial charge in [-0.05, 0) is 56.6 Å². The van der Waals surface area contributed by atoms with Crippen LogP contribution in [-0.4, -0.2) is 54.8 Å². The molecule has 0 bridgehead atoms. The average molecular weight is 328 g/mol. The molecule has 0 amide bonds. The van der Waals surface area contributed by atoms with Gasteiger partial charge in [-0.15, -0.1) is 0 Å². The minimum Gasteiger partial charge on any atom is -0.484 e. The SMILES string of the molecule is FC(F)(F)COc1cccc(CN2CCCN3CCCC3C2)c1. The van der Waals surface area contributed by atoms with Crippen molar-refractivity contribution in [3.63, 3.8) is 0 Å². The van der Waals surface area contributed by atoms with Crippen LogP contribution in [0.25, 0.3) is 0 Å². The number of ether oxygens (including phenoxy) is 1. The summed E-state index contributed by atoms with van der Waals surface area (Å²) >= 11 is 0. The van der Waals surface area contributed by atoms with Crippen LogP contribution in [0, 0.1) is 0 Å². The van der Waals surface area contributed by atoms with Gasteiger partial charge in [0.1, 0.15) is 5.75 Å². The molecule has 6 heteroatoms. The van der Waals surface area contributed by atoms with Gasteiger partial charge in [-0.3, -0.25) is 9.80 Å². The van der Waals surface area contributed by atoms with Crippen LogP contribution in [0.3, 0.4) is 0 Å². The van der Waals surface area contributed by atoms with Gasteiger partial charge in [0.2, 0.25) is 0 Å². The second-order valence-corrected chi connectivity index (χ2v) is 6.47. The van der Waals surface area contributed by atoms with E-state index in [4.69, 9.17) is 4.74 Å². The number of fused-ring (bicyclic) bond motifs is 1. The van der Waals surface area contributed by atoms with Crippen molar-refractivity contribution in [2.24, 2.45) is 0 Å². The molecule has 2 saturated heterocycles. The lowest BCUT2D eigenvalue weighted by atomic mass is 10.1. The Hall–Kier alpha value is -1.27. The van der Waals surface area contributed by atoms with E-state index in [1.54, 1.807) is 18.2 Å². The molecule has 0 aliphatic carbocycles. The molecule has 23 heavy (non-hydrogen) atoms. The second-order valence-electron chi connectivity index (χ2n) is 6.47. The summed E-state index contributed by atoms with van der Waals surface area (Å²) in [4.78, 5) is 4.99.